The molecule has 3 heterocycles. The minimum atomic E-state index is -0.337. The first kappa shape index (κ1) is 17.9. The third-order valence-electron chi connectivity index (χ3n) is 5.51. The second-order valence-electron chi connectivity index (χ2n) is 7.16. The molecule has 2 N–H and O–H groups in total. The summed E-state index contributed by atoms with van der Waals surface area (Å²) in [6, 6.07) is 7.59. The first-order valence-electron chi connectivity index (χ1n) is 9.25. The van der Waals surface area contributed by atoms with E-state index in [4.69, 9.17) is 15.2 Å². The van der Waals surface area contributed by atoms with Crippen molar-refractivity contribution in [2.24, 2.45) is 0 Å². The van der Waals surface area contributed by atoms with Gasteiger partial charge in [-0.3, -0.25) is 4.90 Å². The number of rotatable bonds is 3. The summed E-state index contributed by atoms with van der Waals surface area (Å²) in [4.78, 5) is 22.6. The molecular formula is C20H24N4O3. The SMILES string of the molecule is COC(=O)c1ccc(CN2CCC3(CC2)OCCc2cnc(N)nc23)cc1. The van der Waals surface area contributed by atoms with Crippen LogP contribution in [0.15, 0.2) is 30.5 Å². The van der Waals surface area contributed by atoms with Gasteiger partial charge >= 0.3 is 5.97 Å². The summed E-state index contributed by atoms with van der Waals surface area (Å²) in [6.45, 7) is 3.38. The van der Waals surface area contributed by atoms with E-state index in [0.29, 0.717) is 18.1 Å². The molecule has 1 saturated heterocycles. The van der Waals surface area contributed by atoms with Crippen LogP contribution in [-0.4, -0.2) is 47.6 Å². The summed E-state index contributed by atoms with van der Waals surface area (Å²) >= 11 is 0. The lowest BCUT2D eigenvalue weighted by atomic mass is 9.83. The molecule has 0 amide bonds. The quantitative estimate of drug-likeness (QED) is 0.828. The lowest BCUT2D eigenvalue weighted by molar-refractivity contribution is -0.102. The summed E-state index contributed by atoms with van der Waals surface area (Å²) in [5.41, 5.74) is 9.37. The molecule has 1 aromatic heterocycles. The minimum absolute atomic E-state index is 0.309. The van der Waals surface area contributed by atoms with Crippen molar-refractivity contribution in [1.29, 1.82) is 0 Å². The third kappa shape index (κ3) is 3.52. The molecule has 4 rings (SSSR count). The summed E-state index contributed by atoms with van der Waals surface area (Å²) in [7, 11) is 1.39. The predicted octanol–water partition coefficient (Wildman–Crippen LogP) is 1.91. The van der Waals surface area contributed by atoms with Crippen LogP contribution < -0.4 is 5.73 Å². The number of hydrogen-bond donors (Lipinski definition) is 1. The van der Waals surface area contributed by atoms with E-state index in [1.54, 1.807) is 0 Å². The van der Waals surface area contributed by atoms with Crippen molar-refractivity contribution in [3.05, 3.63) is 52.8 Å². The van der Waals surface area contributed by atoms with E-state index in [9.17, 15) is 4.79 Å². The van der Waals surface area contributed by atoms with Crippen LogP contribution in [0, 0.1) is 0 Å². The van der Waals surface area contributed by atoms with Gasteiger partial charge in [-0.05, 0) is 42.5 Å². The van der Waals surface area contributed by atoms with Gasteiger partial charge in [0.1, 0.15) is 5.60 Å². The van der Waals surface area contributed by atoms with Gasteiger partial charge in [0.15, 0.2) is 0 Å². The Morgan fingerprint density at radius 2 is 2.04 bits per heavy atom. The number of benzene rings is 1. The molecule has 1 spiro atoms. The monoisotopic (exact) mass is 368 g/mol. The smallest absolute Gasteiger partial charge is 0.337 e. The van der Waals surface area contributed by atoms with Crippen molar-refractivity contribution < 1.29 is 14.3 Å². The molecule has 27 heavy (non-hydrogen) atoms. The Kier molecular flexibility index (Phi) is 4.80. The standard InChI is InChI=1S/C20H24N4O3/c1-26-18(25)15-4-2-14(3-5-15)13-24-9-7-20(8-10-24)17-16(6-11-27-20)12-22-19(21)23-17/h2-5,12H,6-11,13H2,1H3,(H2,21,22,23). The van der Waals surface area contributed by atoms with Crippen LogP contribution in [0.3, 0.4) is 0 Å². The molecule has 0 aliphatic carbocycles. The van der Waals surface area contributed by atoms with Gasteiger partial charge in [-0.15, -0.1) is 0 Å². The molecule has 1 aromatic carbocycles. The number of likely N-dealkylation sites (tertiary alicyclic amines) is 1. The Labute approximate surface area is 158 Å². The number of aromatic nitrogens is 2. The summed E-state index contributed by atoms with van der Waals surface area (Å²) < 4.78 is 11.0. The van der Waals surface area contributed by atoms with Gasteiger partial charge in [-0.1, -0.05) is 12.1 Å². The molecule has 2 aliphatic heterocycles. The molecule has 0 radical (unpaired) electrons. The molecule has 142 valence electrons. The second-order valence-corrected chi connectivity index (χ2v) is 7.16. The van der Waals surface area contributed by atoms with Crippen molar-refractivity contribution in [1.82, 2.24) is 14.9 Å². The average Bonchev–Trinajstić information content (AvgIpc) is 2.70. The zero-order chi connectivity index (χ0) is 18.9. The number of carbonyl (C=O) groups excluding carboxylic acids is 1. The highest BCUT2D eigenvalue weighted by Crippen LogP contribution is 2.40. The summed E-state index contributed by atoms with van der Waals surface area (Å²) in [5.74, 6) is 0.00240. The van der Waals surface area contributed by atoms with Gasteiger partial charge in [-0.25, -0.2) is 14.8 Å². The van der Waals surface area contributed by atoms with Crippen LogP contribution in [0.25, 0.3) is 0 Å². The number of fused-ring (bicyclic) bond motifs is 2. The number of nitrogen functional groups attached to an aromatic ring is 1. The fourth-order valence-corrected chi connectivity index (χ4v) is 4.00. The Morgan fingerprint density at radius 1 is 1.30 bits per heavy atom. The van der Waals surface area contributed by atoms with Crippen LogP contribution in [0.2, 0.25) is 0 Å². The number of nitrogens with zero attached hydrogens (tertiary/aromatic N) is 3. The maximum absolute atomic E-state index is 11.5. The van der Waals surface area contributed by atoms with Gasteiger partial charge < -0.3 is 15.2 Å². The van der Waals surface area contributed by atoms with Gasteiger partial charge in [0.05, 0.1) is 25.0 Å². The number of anilines is 1. The molecule has 2 aromatic rings. The molecule has 1 fully saturated rings. The fraction of sp³-hybridized carbons (Fsp3) is 0.450. The van der Waals surface area contributed by atoms with Crippen molar-refractivity contribution in [3.8, 4) is 0 Å². The van der Waals surface area contributed by atoms with Crippen LogP contribution in [-0.2, 0) is 28.0 Å². The van der Waals surface area contributed by atoms with E-state index >= 15 is 0 Å². The highest BCUT2D eigenvalue weighted by Gasteiger charge is 2.42. The van der Waals surface area contributed by atoms with Crippen LogP contribution in [0.5, 0.6) is 0 Å². The first-order valence-corrected chi connectivity index (χ1v) is 9.25. The number of methoxy groups -OCH3 is 1. The van der Waals surface area contributed by atoms with Gasteiger partial charge in [0, 0.05) is 25.8 Å². The molecule has 0 saturated carbocycles. The van der Waals surface area contributed by atoms with E-state index in [1.807, 2.05) is 30.5 Å². The third-order valence-corrected chi connectivity index (χ3v) is 5.51. The van der Waals surface area contributed by atoms with Gasteiger partial charge in [0.2, 0.25) is 5.95 Å². The van der Waals surface area contributed by atoms with Gasteiger partial charge in [-0.2, -0.15) is 0 Å². The second kappa shape index (κ2) is 7.25. The van der Waals surface area contributed by atoms with E-state index in [-0.39, 0.29) is 11.6 Å². The maximum Gasteiger partial charge on any atom is 0.337 e. The molecule has 2 aliphatic rings. The van der Waals surface area contributed by atoms with Crippen molar-refractivity contribution in [3.63, 3.8) is 0 Å². The lowest BCUT2D eigenvalue weighted by Gasteiger charge is -2.44. The molecular weight excluding hydrogens is 344 g/mol. The zero-order valence-corrected chi connectivity index (χ0v) is 15.5. The Morgan fingerprint density at radius 3 is 2.74 bits per heavy atom. The van der Waals surface area contributed by atoms with Crippen LogP contribution >= 0.6 is 0 Å². The number of piperidine rings is 1. The number of nitrogens with two attached hydrogens (primary N) is 1. The van der Waals surface area contributed by atoms with Crippen LogP contribution in [0.4, 0.5) is 5.95 Å². The molecule has 7 heteroatoms. The van der Waals surface area contributed by atoms with E-state index in [2.05, 4.69) is 14.9 Å². The van der Waals surface area contributed by atoms with Crippen molar-refractivity contribution in [2.75, 3.05) is 32.5 Å². The number of carbonyl (C=O) groups is 1. The fourth-order valence-electron chi connectivity index (χ4n) is 4.00. The number of ether oxygens (including phenoxy) is 2. The highest BCUT2D eigenvalue weighted by atomic mass is 16.5. The summed E-state index contributed by atoms with van der Waals surface area (Å²) in [5, 5.41) is 0. The Hall–Kier alpha value is -2.51. The topological polar surface area (TPSA) is 90.6 Å². The van der Waals surface area contributed by atoms with Gasteiger partial charge in [0.25, 0.3) is 0 Å². The summed E-state index contributed by atoms with van der Waals surface area (Å²) in [6.07, 6.45) is 4.46. The number of esters is 1. The van der Waals surface area contributed by atoms with Crippen LogP contribution in [0.1, 0.15) is 40.0 Å². The minimum Gasteiger partial charge on any atom is -0.465 e. The van der Waals surface area contributed by atoms with E-state index in [1.165, 1.54) is 12.7 Å². The number of hydrogen-bond acceptors (Lipinski definition) is 7. The lowest BCUT2D eigenvalue weighted by Crippen LogP contribution is -2.47. The first-order chi connectivity index (χ1) is 13.1. The van der Waals surface area contributed by atoms with Crippen molar-refractivity contribution >= 4 is 11.9 Å². The molecule has 0 atom stereocenters. The normalized spacial score (nSPS) is 18.9. The Balaban J connectivity index is 1.43. The van der Waals surface area contributed by atoms with E-state index in [0.717, 1.165) is 50.2 Å². The molecule has 7 nitrogen and oxygen atoms in total. The van der Waals surface area contributed by atoms with E-state index < -0.39 is 0 Å². The Bertz CT molecular complexity index is 830. The zero-order valence-electron chi connectivity index (χ0n) is 15.5. The average molecular weight is 368 g/mol. The molecule has 0 unspecified atom stereocenters. The molecule has 0 bridgehead atoms. The van der Waals surface area contributed by atoms with Crippen molar-refractivity contribution in [2.45, 2.75) is 31.4 Å². The largest absolute Gasteiger partial charge is 0.465 e. The highest BCUT2D eigenvalue weighted by molar-refractivity contribution is 5.89. The predicted molar refractivity (Wildman–Crippen MR) is 100 cm³/mol. The maximum atomic E-state index is 11.5.